The molecule has 21 heavy (non-hydrogen) atoms. The van der Waals surface area contributed by atoms with E-state index in [1.54, 1.807) is 0 Å². The van der Waals surface area contributed by atoms with Gasteiger partial charge in [-0.15, -0.1) is 0 Å². The van der Waals surface area contributed by atoms with Crippen LogP contribution < -0.4 is 0 Å². The van der Waals surface area contributed by atoms with Gasteiger partial charge in [0.15, 0.2) is 0 Å². The first-order valence-electron chi connectivity index (χ1n) is 7.94. The highest BCUT2D eigenvalue weighted by molar-refractivity contribution is 9.10. The number of hydrogen-bond acceptors (Lipinski definition) is 2. The van der Waals surface area contributed by atoms with Gasteiger partial charge in [-0.25, -0.2) is 0 Å². The molecule has 0 bridgehead atoms. The maximum absolute atomic E-state index is 12.8. The number of piperidine rings is 1. The van der Waals surface area contributed by atoms with Crippen molar-refractivity contribution in [2.75, 3.05) is 26.2 Å². The van der Waals surface area contributed by atoms with Gasteiger partial charge in [-0.3, -0.25) is 9.69 Å². The lowest BCUT2D eigenvalue weighted by atomic mass is 10.0. The zero-order valence-electron chi connectivity index (χ0n) is 12.6. The third-order valence-corrected chi connectivity index (χ3v) is 5.35. The second-order valence-electron chi connectivity index (χ2n) is 6.27. The Hall–Kier alpha value is -0.870. The quantitative estimate of drug-likeness (QED) is 0.815. The smallest absolute Gasteiger partial charge is 0.255 e. The molecule has 4 heteroatoms. The maximum Gasteiger partial charge on any atom is 0.255 e. The van der Waals surface area contributed by atoms with Crippen LogP contribution in [0.5, 0.6) is 0 Å². The summed E-state index contributed by atoms with van der Waals surface area (Å²) < 4.78 is 0.913. The minimum absolute atomic E-state index is 0.172. The van der Waals surface area contributed by atoms with Gasteiger partial charge in [0.25, 0.3) is 5.91 Å². The third-order valence-electron chi connectivity index (χ3n) is 4.70. The van der Waals surface area contributed by atoms with E-state index < -0.39 is 0 Å². The zero-order valence-corrected chi connectivity index (χ0v) is 14.2. The number of rotatable bonds is 2. The van der Waals surface area contributed by atoms with Crippen LogP contribution in [0.3, 0.4) is 0 Å². The number of amides is 1. The average molecular weight is 351 g/mol. The van der Waals surface area contributed by atoms with E-state index in [9.17, 15) is 4.79 Å². The molecule has 0 saturated carbocycles. The Bertz CT molecular complexity index is 526. The second-order valence-corrected chi connectivity index (χ2v) is 7.13. The Morgan fingerprint density at radius 1 is 1.19 bits per heavy atom. The Kier molecular flexibility index (Phi) is 4.65. The molecule has 1 unspecified atom stereocenters. The molecule has 0 aromatic heterocycles. The molecule has 1 atom stereocenters. The highest BCUT2D eigenvalue weighted by Crippen LogP contribution is 2.24. The second kappa shape index (κ2) is 6.49. The number of benzene rings is 1. The fraction of sp³-hybridized carbons (Fsp3) is 0.588. The average Bonchev–Trinajstić information content (AvgIpc) is 3.01. The van der Waals surface area contributed by atoms with Gasteiger partial charge in [0.05, 0.1) is 5.56 Å². The number of nitrogens with zero attached hydrogens (tertiary/aromatic N) is 2. The van der Waals surface area contributed by atoms with Crippen LogP contribution in [-0.2, 0) is 0 Å². The highest BCUT2D eigenvalue weighted by atomic mass is 79.9. The first kappa shape index (κ1) is 15.0. The minimum Gasteiger partial charge on any atom is -0.337 e. The molecule has 1 amide bonds. The fourth-order valence-electron chi connectivity index (χ4n) is 3.51. The number of aryl methyl sites for hydroxylation is 1. The standard InChI is InChI=1S/C17H23BrN2O/c1-13-6-7-15(16(18)11-13)17(21)20-10-4-5-14(12-20)19-8-2-3-9-19/h6-7,11,14H,2-5,8-10,12H2,1H3. The number of hydrogen-bond donors (Lipinski definition) is 0. The van der Waals surface area contributed by atoms with Crippen LogP contribution >= 0.6 is 15.9 Å². The minimum atomic E-state index is 0.172. The molecule has 2 aliphatic rings. The summed E-state index contributed by atoms with van der Waals surface area (Å²) in [4.78, 5) is 17.4. The molecule has 2 heterocycles. The Labute approximate surface area is 135 Å². The summed E-state index contributed by atoms with van der Waals surface area (Å²) in [5.41, 5.74) is 1.97. The monoisotopic (exact) mass is 350 g/mol. The lowest BCUT2D eigenvalue weighted by Gasteiger charge is -2.37. The molecule has 114 valence electrons. The van der Waals surface area contributed by atoms with Crippen molar-refractivity contribution in [3.05, 3.63) is 33.8 Å². The van der Waals surface area contributed by atoms with Crippen molar-refractivity contribution >= 4 is 21.8 Å². The largest absolute Gasteiger partial charge is 0.337 e. The number of carbonyl (C=O) groups is 1. The van der Waals surface area contributed by atoms with Crippen LogP contribution in [0.1, 0.15) is 41.6 Å². The van der Waals surface area contributed by atoms with Crippen molar-refractivity contribution in [2.45, 2.75) is 38.6 Å². The summed E-state index contributed by atoms with van der Waals surface area (Å²) in [6.07, 6.45) is 4.98. The number of likely N-dealkylation sites (tertiary alicyclic amines) is 2. The van der Waals surface area contributed by atoms with Crippen molar-refractivity contribution in [1.82, 2.24) is 9.80 Å². The molecule has 2 saturated heterocycles. The Morgan fingerprint density at radius 2 is 1.95 bits per heavy atom. The van der Waals surface area contributed by atoms with E-state index in [-0.39, 0.29) is 5.91 Å². The lowest BCUT2D eigenvalue weighted by molar-refractivity contribution is 0.0607. The lowest BCUT2D eigenvalue weighted by Crippen LogP contribution is -2.49. The number of carbonyl (C=O) groups excluding carboxylic acids is 1. The van der Waals surface area contributed by atoms with Gasteiger partial charge in [0.1, 0.15) is 0 Å². The van der Waals surface area contributed by atoms with Gasteiger partial charge in [-0.1, -0.05) is 6.07 Å². The van der Waals surface area contributed by atoms with E-state index in [0.717, 1.165) is 29.5 Å². The van der Waals surface area contributed by atoms with Gasteiger partial charge in [0.2, 0.25) is 0 Å². The molecule has 2 fully saturated rings. The Morgan fingerprint density at radius 3 is 2.67 bits per heavy atom. The van der Waals surface area contributed by atoms with E-state index in [4.69, 9.17) is 0 Å². The molecular formula is C17H23BrN2O. The van der Waals surface area contributed by atoms with Crippen LogP contribution in [-0.4, -0.2) is 47.9 Å². The van der Waals surface area contributed by atoms with Crippen LogP contribution in [0.2, 0.25) is 0 Å². The van der Waals surface area contributed by atoms with Crippen molar-refractivity contribution in [1.29, 1.82) is 0 Å². The summed E-state index contributed by atoms with van der Waals surface area (Å²) in [6.45, 7) is 6.24. The van der Waals surface area contributed by atoms with Crippen molar-refractivity contribution in [2.24, 2.45) is 0 Å². The summed E-state index contributed by atoms with van der Waals surface area (Å²) in [5.74, 6) is 0.172. The zero-order chi connectivity index (χ0) is 14.8. The molecule has 1 aromatic carbocycles. The predicted octanol–water partition coefficient (Wildman–Crippen LogP) is 3.46. The first-order valence-corrected chi connectivity index (χ1v) is 8.74. The molecule has 0 spiro atoms. The van der Waals surface area contributed by atoms with E-state index in [2.05, 4.69) is 20.8 Å². The summed E-state index contributed by atoms with van der Waals surface area (Å²) in [5, 5.41) is 0. The van der Waals surface area contributed by atoms with Gasteiger partial charge < -0.3 is 4.90 Å². The molecule has 0 radical (unpaired) electrons. The normalized spacial score (nSPS) is 23.5. The van der Waals surface area contributed by atoms with Gasteiger partial charge >= 0.3 is 0 Å². The molecule has 1 aromatic rings. The molecule has 2 aliphatic heterocycles. The van der Waals surface area contributed by atoms with Crippen LogP contribution in [0.4, 0.5) is 0 Å². The number of halogens is 1. The topological polar surface area (TPSA) is 23.6 Å². The molecule has 3 nitrogen and oxygen atoms in total. The van der Waals surface area contributed by atoms with E-state index in [1.165, 1.54) is 37.9 Å². The first-order chi connectivity index (χ1) is 10.1. The van der Waals surface area contributed by atoms with Crippen LogP contribution in [0, 0.1) is 6.92 Å². The van der Waals surface area contributed by atoms with Crippen molar-refractivity contribution in [3.63, 3.8) is 0 Å². The SMILES string of the molecule is Cc1ccc(C(=O)N2CCCC(N3CCCC3)C2)c(Br)c1. The predicted molar refractivity (Wildman–Crippen MR) is 88.6 cm³/mol. The summed E-state index contributed by atoms with van der Waals surface area (Å²) >= 11 is 3.54. The van der Waals surface area contributed by atoms with Gasteiger partial charge in [-0.2, -0.15) is 0 Å². The summed E-state index contributed by atoms with van der Waals surface area (Å²) in [7, 11) is 0. The summed E-state index contributed by atoms with van der Waals surface area (Å²) in [6, 6.07) is 6.55. The van der Waals surface area contributed by atoms with E-state index in [1.807, 2.05) is 30.0 Å². The van der Waals surface area contributed by atoms with Crippen molar-refractivity contribution < 1.29 is 4.79 Å². The molecular weight excluding hydrogens is 328 g/mol. The molecule has 0 aliphatic carbocycles. The van der Waals surface area contributed by atoms with Gasteiger partial charge in [0, 0.05) is 23.6 Å². The highest BCUT2D eigenvalue weighted by Gasteiger charge is 2.30. The maximum atomic E-state index is 12.8. The fourth-order valence-corrected chi connectivity index (χ4v) is 4.17. The molecule has 3 rings (SSSR count). The molecule has 0 N–H and O–H groups in total. The van der Waals surface area contributed by atoms with E-state index >= 15 is 0 Å². The van der Waals surface area contributed by atoms with Crippen LogP contribution in [0.15, 0.2) is 22.7 Å². The van der Waals surface area contributed by atoms with E-state index in [0.29, 0.717) is 6.04 Å². The van der Waals surface area contributed by atoms with Gasteiger partial charge in [-0.05, 0) is 79.3 Å². The Balaban J connectivity index is 1.71. The third kappa shape index (κ3) is 3.32. The van der Waals surface area contributed by atoms with Crippen molar-refractivity contribution in [3.8, 4) is 0 Å². The van der Waals surface area contributed by atoms with Crippen LogP contribution in [0.25, 0.3) is 0 Å².